The van der Waals surface area contributed by atoms with Gasteiger partial charge in [-0.25, -0.2) is 14.6 Å². The average molecular weight is 738 g/mol. The molecule has 3 aromatic heterocycles. The summed E-state index contributed by atoms with van der Waals surface area (Å²) in [5, 5.41) is 20.1. The lowest BCUT2D eigenvalue weighted by atomic mass is 9.76. The molecule has 55 heavy (non-hydrogen) atoms. The fraction of sp³-hybridized carbons (Fsp3) is 0.333. The van der Waals surface area contributed by atoms with E-state index >= 15 is 0 Å². The van der Waals surface area contributed by atoms with E-state index in [0.29, 0.717) is 18.8 Å². The highest BCUT2D eigenvalue weighted by Gasteiger charge is 2.50. The Morgan fingerprint density at radius 3 is 2.00 bits per heavy atom. The second-order valence-corrected chi connectivity index (χ2v) is 15.0. The van der Waals surface area contributed by atoms with E-state index in [4.69, 9.17) is 9.31 Å². The van der Waals surface area contributed by atoms with Gasteiger partial charge in [0.15, 0.2) is 5.82 Å². The summed E-state index contributed by atoms with van der Waals surface area (Å²) in [6.45, 7) is 8.57. The molecule has 282 valence electrons. The topological polar surface area (TPSA) is 134 Å². The minimum absolute atomic E-state index is 0.0516. The number of imidazole rings is 1. The molecular weight excluding hydrogens is 689 g/mol. The third kappa shape index (κ3) is 8.44. The van der Waals surface area contributed by atoms with Crippen molar-refractivity contribution < 1.29 is 14.1 Å². The van der Waals surface area contributed by atoms with Crippen LogP contribution in [0.15, 0.2) is 128 Å². The first kappa shape index (κ1) is 37.8. The number of pyridine rings is 1. The first-order chi connectivity index (χ1) is 26.6. The van der Waals surface area contributed by atoms with E-state index in [-0.39, 0.29) is 36.8 Å². The van der Waals surface area contributed by atoms with Gasteiger partial charge >= 0.3 is 7.12 Å². The second-order valence-electron chi connectivity index (χ2n) is 15.0. The normalized spacial score (nSPS) is 15.5. The highest BCUT2D eigenvalue weighted by Crippen LogP contribution is 2.41. The average Bonchev–Trinajstić information content (AvgIpc) is 3.95. The predicted octanol–water partition coefficient (Wildman–Crippen LogP) is 6.46. The molecule has 0 radical (unpaired) electrons. The number of benzene rings is 3. The molecule has 12 nitrogen and oxygen atoms in total. The van der Waals surface area contributed by atoms with Crippen LogP contribution in [0.4, 0.5) is 0 Å². The number of tetrazole rings is 1. The van der Waals surface area contributed by atoms with Crippen molar-refractivity contribution in [2.45, 2.75) is 89.1 Å². The summed E-state index contributed by atoms with van der Waals surface area (Å²) in [7, 11) is -0.278. The minimum atomic E-state index is -0.783. The Morgan fingerprint density at radius 1 is 0.836 bits per heavy atom. The Hall–Kier alpha value is -5.50. The zero-order valence-corrected chi connectivity index (χ0v) is 31.9. The number of hydrogen-bond acceptors (Lipinski definition) is 9. The molecule has 3 aromatic carbocycles. The van der Waals surface area contributed by atoms with Crippen LogP contribution >= 0.6 is 0 Å². The molecule has 1 saturated heterocycles. The van der Waals surface area contributed by atoms with Gasteiger partial charge in [0.05, 0.1) is 22.8 Å². The third-order valence-corrected chi connectivity index (χ3v) is 10.7. The number of rotatable bonds is 16. The Labute approximate surface area is 322 Å². The van der Waals surface area contributed by atoms with Crippen LogP contribution < -0.4 is 10.6 Å². The molecule has 0 aliphatic carbocycles. The van der Waals surface area contributed by atoms with E-state index < -0.39 is 5.54 Å². The summed E-state index contributed by atoms with van der Waals surface area (Å²) in [5.41, 5.74) is 2.53. The first-order valence-corrected chi connectivity index (χ1v) is 18.9. The van der Waals surface area contributed by atoms with Gasteiger partial charge in [0.2, 0.25) is 5.91 Å². The van der Waals surface area contributed by atoms with Gasteiger partial charge in [0.1, 0.15) is 18.7 Å². The Kier molecular flexibility index (Phi) is 11.3. The van der Waals surface area contributed by atoms with Crippen LogP contribution in [0.2, 0.25) is 6.32 Å². The van der Waals surface area contributed by atoms with Gasteiger partial charge in [-0.2, -0.15) is 0 Å². The number of unbranched alkanes of at least 4 members (excludes halogenated alkanes) is 1. The minimum Gasteiger partial charge on any atom is -0.403 e. The maximum Gasteiger partial charge on any atom is 0.457 e. The summed E-state index contributed by atoms with van der Waals surface area (Å²) < 4.78 is 16.1. The van der Waals surface area contributed by atoms with E-state index in [1.807, 2.05) is 41.1 Å². The van der Waals surface area contributed by atoms with Crippen LogP contribution in [0, 0.1) is 0 Å². The molecule has 4 heterocycles. The fourth-order valence-electron chi connectivity index (χ4n) is 7.12. The van der Waals surface area contributed by atoms with Crippen molar-refractivity contribution >= 4 is 13.0 Å². The zero-order chi connectivity index (χ0) is 38.3. The van der Waals surface area contributed by atoms with Crippen molar-refractivity contribution in [2.75, 3.05) is 0 Å². The smallest absolute Gasteiger partial charge is 0.403 e. The molecule has 6 aromatic rings. The summed E-state index contributed by atoms with van der Waals surface area (Å²) in [6, 6.07) is 34.8. The van der Waals surface area contributed by atoms with Gasteiger partial charge in [0.25, 0.3) is 0 Å². The van der Waals surface area contributed by atoms with Crippen molar-refractivity contribution in [3.63, 3.8) is 0 Å². The number of carbonyl (C=O) groups excluding carboxylic acids is 1. The molecule has 1 fully saturated rings. The highest BCUT2D eigenvalue weighted by molar-refractivity contribution is 6.45. The molecule has 13 heteroatoms. The number of aromatic nitrogens is 7. The lowest BCUT2D eigenvalue weighted by Crippen LogP contribution is -2.47. The summed E-state index contributed by atoms with van der Waals surface area (Å²) in [6.07, 6.45) is 10.1. The predicted molar refractivity (Wildman–Crippen MR) is 211 cm³/mol. The lowest BCUT2D eigenvalue weighted by molar-refractivity contribution is -0.122. The molecule has 7 rings (SSSR count). The van der Waals surface area contributed by atoms with Crippen LogP contribution in [0.25, 0.3) is 5.82 Å². The second kappa shape index (κ2) is 16.5. The van der Waals surface area contributed by atoms with Crippen LogP contribution in [0.1, 0.15) is 81.1 Å². The van der Waals surface area contributed by atoms with Crippen LogP contribution in [0.5, 0.6) is 0 Å². The van der Waals surface area contributed by atoms with E-state index in [1.165, 1.54) is 0 Å². The fourth-order valence-corrected chi connectivity index (χ4v) is 7.12. The van der Waals surface area contributed by atoms with Crippen LogP contribution in [0.3, 0.4) is 0 Å². The van der Waals surface area contributed by atoms with Gasteiger partial charge in [-0.3, -0.25) is 14.7 Å². The molecule has 0 saturated carbocycles. The van der Waals surface area contributed by atoms with Crippen molar-refractivity contribution in [1.29, 1.82) is 0 Å². The zero-order valence-electron chi connectivity index (χ0n) is 31.9. The van der Waals surface area contributed by atoms with Crippen LogP contribution in [-0.4, -0.2) is 59.0 Å². The lowest BCUT2D eigenvalue weighted by Gasteiger charge is -2.40. The molecule has 1 atom stereocenters. The van der Waals surface area contributed by atoms with E-state index in [0.717, 1.165) is 47.2 Å². The Morgan fingerprint density at radius 2 is 1.45 bits per heavy atom. The van der Waals surface area contributed by atoms with Crippen LogP contribution in [-0.2, 0) is 32.7 Å². The molecule has 0 spiro atoms. The molecular formula is C42H48BN9O3. The van der Waals surface area contributed by atoms with Gasteiger partial charge in [0, 0.05) is 25.1 Å². The van der Waals surface area contributed by atoms with E-state index in [2.05, 4.69) is 137 Å². The first-order valence-electron chi connectivity index (χ1n) is 18.9. The molecule has 1 aliphatic heterocycles. The number of nitrogens with zero attached hydrogens (tertiary/aromatic N) is 7. The van der Waals surface area contributed by atoms with E-state index in [1.54, 1.807) is 23.4 Å². The summed E-state index contributed by atoms with van der Waals surface area (Å²) >= 11 is 0. The number of hydrogen-bond donors (Lipinski definition) is 2. The van der Waals surface area contributed by atoms with Gasteiger partial charge in [-0.05, 0) is 79.2 Å². The number of carbonyl (C=O) groups is 1. The van der Waals surface area contributed by atoms with Gasteiger partial charge in [-0.1, -0.05) is 110 Å². The van der Waals surface area contributed by atoms with Crippen molar-refractivity contribution in [2.24, 2.45) is 0 Å². The number of amides is 1. The van der Waals surface area contributed by atoms with Gasteiger partial charge in [-0.15, -0.1) is 5.10 Å². The van der Waals surface area contributed by atoms with Crippen molar-refractivity contribution in [3.8, 4) is 5.82 Å². The maximum absolute atomic E-state index is 13.5. The number of nitrogens with one attached hydrogen (secondary N) is 2. The summed E-state index contributed by atoms with van der Waals surface area (Å²) in [5.74, 6) is 1.11. The highest BCUT2D eigenvalue weighted by atomic mass is 16.7. The molecule has 0 bridgehead atoms. The molecule has 2 N–H and O–H groups in total. The SMILES string of the molecule is CC1(C)OB(CCCCC(NC(c2ccccc2)(c2ccccc2)c2ccccc2)c2nnnn2CC(=O)NCc2ccc(-n3ccnc3)nc2)OC1(C)C. The van der Waals surface area contributed by atoms with Crippen molar-refractivity contribution in [1.82, 2.24) is 45.4 Å². The Bertz CT molecular complexity index is 2000. The quantitative estimate of drug-likeness (QED) is 0.0653. The van der Waals surface area contributed by atoms with Crippen molar-refractivity contribution in [3.05, 3.63) is 156 Å². The largest absolute Gasteiger partial charge is 0.457 e. The Balaban J connectivity index is 1.15. The standard InChI is InChI=1S/C42H48BN9O3/c1-40(2)41(3,4)55-43(54-40)25-15-14-22-36(47-42(33-16-8-5-9-17-33,34-18-10-6-11-19-34)35-20-12-7-13-21-35)39-48-49-50-52(39)30-38(53)46-29-32-23-24-37(45-28-32)51-27-26-44-31-51/h5-13,16-21,23-24,26-28,31,36,47H,14-15,22,25,29-30H2,1-4H3,(H,46,53). The molecule has 1 aliphatic rings. The molecule has 1 unspecified atom stereocenters. The summed E-state index contributed by atoms with van der Waals surface area (Å²) in [4.78, 5) is 22.1. The third-order valence-electron chi connectivity index (χ3n) is 10.7. The monoisotopic (exact) mass is 737 g/mol. The maximum atomic E-state index is 13.5. The molecule has 1 amide bonds. The van der Waals surface area contributed by atoms with E-state index in [9.17, 15) is 4.79 Å². The van der Waals surface area contributed by atoms with Gasteiger partial charge < -0.3 is 14.6 Å².